The van der Waals surface area contributed by atoms with E-state index in [9.17, 15) is 0 Å². The smallest absolute Gasteiger partial charge is 0.133 e. The molecule has 0 unspecified atom stereocenters. The van der Waals surface area contributed by atoms with Crippen LogP contribution in [-0.2, 0) is 4.74 Å². The van der Waals surface area contributed by atoms with Crippen LogP contribution in [0.5, 0.6) is 0 Å². The maximum absolute atomic E-state index is 8.17. The number of hydrogen-bond donors (Lipinski definition) is 0. The minimum absolute atomic E-state index is 0.260. The summed E-state index contributed by atoms with van der Waals surface area (Å²) in [5, 5.41) is 8.17. The minimum Gasteiger partial charge on any atom is -0.366 e. The fraction of sp³-hybridized carbons (Fsp3) is 0.875. The third kappa shape index (κ3) is 2.36. The van der Waals surface area contributed by atoms with Crippen LogP contribution in [0.15, 0.2) is 0 Å². The SMILES string of the molecule is N#CCOCC1CCCC1. The molecular weight excluding hydrogens is 126 g/mol. The van der Waals surface area contributed by atoms with Crippen molar-refractivity contribution >= 4 is 0 Å². The number of rotatable bonds is 3. The molecule has 0 bridgehead atoms. The average Bonchev–Trinajstić information content (AvgIpc) is 2.41. The van der Waals surface area contributed by atoms with Crippen molar-refractivity contribution in [3.05, 3.63) is 0 Å². The lowest BCUT2D eigenvalue weighted by Crippen LogP contribution is -2.05. The van der Waals surface area contributed by atoms with Gasteiger partial charge in [-0.25, -0.2) is 0 Å². The van der Waals surface area contributed by atoms with E-state index in [2.05, 4.69) is 0 Å². The second-order valence-corrected chi connectivity index (χ2v) is 2.82. The third-order valence-corrected chi connectivity index (χ3v) is 1.99. The topological polar surface area (TPSA) is 33.0 Å². The highest BCUT2D eigenvalue weighted by Gasteiger charge is 2.14. The summed E-state index contributed by atoms with van der Waals surface area (Å²) in [6.45, 7) is 1.06. The Balaban J connectivity index is 1.97. The second-order valence-electron chi connectivity index (χ2n) is 2.82. The summed E-state index contributed by atoms with van der Waals surface area (Å²) < 4.78 is 5.11. The molecule has 0 aliphatic heterocycles. The lowest BCUT2D eigenvalue weighted by molar-refractivity contribution is 0.128. The minimum atomic E-state index is 0.260. The summed E-state index contributed by atoms with van der Waals surface area (Å²) in [7, 11) is 0. The van der Waals surface area contributed by atoms with Gasteiger partial charge in [0.05, 0.1) is 12.7 Å². The lowest BCUT2D eigenvalue weighted by Gasteiger charge is -2.05. The van der Waals surface area contributed by atoms with Crippen LogP contribution in [-0.4, -0.2) is 13.2 Å². The Morgan fingerprint density at radius 3 is 2.70 bits per heavy atom. The Hall–Kier alpha value is -0.550. The first-order valence-corrected chi connectivity index (χ1v) is 3.88. The summed E-state index contributed by atoms with van der Waals surface area (Å²) in [5.74, 6) is 0.744. The zero-order valence-corrected chi connectivity index (χ0v) is 6.18. The van der Waals surface area contributed by atoms with Crippen LogP contribution in [0.25, 0.3) is 0 Å². The molecule has 1 fully saturated rings. The molecule has 1 rings (SSSR count). The molecule has 56 valence electrons. The molecule has 1 aliphatic rings. The summed E-state index contributed by atoms with van der Waals surface area (Å²) in [6.07, 6.45) is 5.29. The molecule has 0 radical (unpaired) electrons. The Labute approximate surface area is 61.8 Å². The fourth-order valence-corrected chi connectivity index (χ4v) is 1.45. The van der Waals surface area contributed by atoms with Crippen LogP contribution in [0.1, 0.15) is 25.7 Å². The molecule has 0 N–H and O–H groups in total. The Morgan fingerprint density at radius 1 is 1.40 bits per heavy atom. The molecule has 0 atom stereocenters. The highest BCUT2D eigenvalue weighted by atomic mass is 16.5. The molecular formula is C8H13NO. The summed E-state index contributed by atoms with van der Waals surface area (Å²) in [6, 6.07) is 1.97. The van der Waals surface area contributed by atoms with Gasteiger partial charge in [-0.1, -0.05) is 12.8 Å². The molecule has 1 aliphatic carbocycles. The van der Waals surface area contributed by atoms with E-state index < -0.39 is 0 Å². The van der Waals surface area contributed by atoms with Crippen molar-refractivity contribution in [2.45, 2.75) is 25.7 Å². The Morgan fingerprint density at radius 2 is 2.10 bits per heavy atom. The summed E-state index contributed by atoms with van der Waals surface area (Å²) in [5.41, 5.74) is 0. The van der Waals surface area contributed by atoms with Crippen molar-refractivity contribution in [2.75, 3.05) is 13.2 Å². The molecule has 0 aromatic heterocycles. The van der Waals surface area contributed by atoms with Gasteiger partial charge in [-0.05, 0) is 18.8 Å². The predicted molar refractivity (Wildman–Crippen MR) is 38.4 cm³/mol. The summed E-state index contributed by atoms with van der Waals surface area (Å²) >= 11 is 0. The Kier molecular flexibility index (Phi) is 3.25. The van der Waals surface area contributed by atoms with Crippen molar-refractivity contribution < 1.29 is 4.74 Å². The first-order chi connectivity index (χ1) is 4.93. The molecule has 0 spiro atoms. The largest absolute Gasteiger partial charge is 0.366 e. The lowest BCUT2D eigenvalue weighted by atomic mass is 10.1. The van der Waals surface area contributed by atoms with E-state index in [1.807, 2.05) is 6.07 Å². The van der Waals surface area contributed by atoms with E-state index in [-0.39, 0.29) is 6.61 Å². The van der Waals surface area contributed by atoms with Crippen molar-refractivity contribution in [1.29, 1.82) is 5.26 Å². The molecule has 2 heteroatoms. The Bertz CT molecular complexity index is 122. The molecule has 10 heavy (non-hydrogen) atoms. The molecule has 0 saturated heterocycles. The van der Waals surface area contributed by atoms with E-state index >= 15 is 0 Å². The normalized spacial score (nSPS) is 19.1. The van der Waals surface area contributed by atoms with Crippen molar-refractivity contribution in [3.8, 4) is 6.07 Å². The monoisotopic (exact) mass is 139 g/mol. The molecule has 0 aromatic carbocycles. The maximum atomic E-state index is 8.17. The highest BCUT2D eigenvalue weighted by Crippen LogP contribution is 2.24. The zero-order chi connectivity index (χ0) is 7.23. The van der Waals surface area contributed by atoms with Crippen LogP contribution in [0, 0.1) is 17.2 Å². The van der Waals surface area contributed by atoms with E-state index in [4.69, 9.17) is 10.00 Å². The quantitative estimate of drug-likeness (QED) is 0.558. The number of hydrogen-bond acceptors (Lipinski definition) is 2. The molecule has 1 saturated carbocycles. The standard InChI is InChI=1S/C8H13NO/c9-5-6-10-7-8-3-1-2-4-8/h8H,1-4,6-7H2. The van der Waals surface area contributed by atoms with E-state index in [0.29, 0.717) is 0 Å². The predicted octanol–water partition coefficient (Wildman–Crippen LogP) is 1.72. The van der Waals surface area contributed by atoms with Crippen LogP contribution >= 0.6 is 0 Å². The average molecular weight is 139 g/mol. The maximum Gasteiger partial charge on any atom is 0.133 e. The molecule has 0 aromatic rings. The van der Waals surface area contributed by atoms with E-state index in [1.165, 1.54) is 25.7 Å². The van der Waals surface area contributed by atoms with Crippen LogP contribution < -0.4 is 0 Å². The van der Waals surface area contributed by atoms with Gasteiger partial charge in [0.2, 0.25) is 0 Å². The molecule has 2 nitrogen and oxygen atoms in total. The second kappa shape index (κ2) is 4.29. The molecule has 0 heterocycles. The van der Waals surface area contributed by atoms with Gasteiger partial charge in [0.1, 0.15) is 6.61 Å². The third-order valence-electron chi connectivity index (χ3n) is 1.99. The number of nitrogens with zero attached hydrogens (tertiary/aromatic N) is 1. The van der Waals surface area contributed by atoms with Crippen LogP contribution in [0.3, 0.4) is 0 Å². The zero-order valence-electron chi connectivity index (χ0n) is 6.18. The van der Waals surface area contributed by atoms with Crippen molar-refractivity contribution in [1.82, 2.24) is 0 Å². The van der Waals surface area contributed by atoms with Gasteiger partial charge < -0.3 is 4.74 Å². The van der Waals surface area contributed by atoms with Gasteiger partial charge in [-0.15, -0.1) is 0 Å². The van der Waals surface area contributed by atoms with E-state index in [0.717, 1.165) is 12.5 Å². The van der Waals surface area contributed by atoms with Gasteiger partial charge in [-0.3, -0.25) is 0 Å². The van der Waals surface area contributed by atoms with Gasteiger partial charge in [0, 0.05) is 0 Å². The number of ether oxygens (including phenoxy) is 1. The van der Waals surface area contributed by atoms with Crippen molar-refractivity contribution in [3.63, 3.8) is 0 Å². The van der Waals surface area contributed by atoms with Crippen LogP contribution in [0.2, 0.25) is 0 Å². The van der Waals surface area contributed by atoms with Gasteiger partial charge in [0.15, 0.2) is 0 Å². The van der Waals surface area contributed by atoms with Gasteiger partial charge >= 0.3 is 0 Å². The van der Waals surface area contributed by atoms with Crippen LogP contribution in [0.4, 0.5) is 0 Å². The number of nitriles is 1. The first-order valence-electron chi connectivity index (χ1n) is 3.88. The van der Waals surface area contributed by atoms with Crippen molar-refractivity contribution in [2.24, 2.45) is 5.92 Å². The highest BCUT2D eigenvalue weighted by molar-refractivity contribution is 4.70. The first kappa shape index (κ1) is 7.56. The van der Waals surface area contributed by atoms with Gasteiger partial charge in [0.25, 0.3) is 0 Å². The van der Waals surface area contributed by atoms with E-state index in [1.54, 1.807) is 0 Å². The van der Waals surface area contributed by atoms with Gasteiger partial charge in [-0.2, -0.15) is 5.26 Å². The fourth-order valence-electron chi connectivity index (χ4n) is 1.45. The molecule has 0 amide bonds. The summed E-state index contributed by atoms with van der Waals surface area (Å²) in [4.78, 5) is 0.